The molecule has 150 valence electrons. The van der Waals surface area contributed by atoms with Crippen LogP contribution in [0.25, 0.3) is 0 Å². The molecule has 4 heterocycles. The summed E-state index contributed by atoms with van der Waals surface area (Å²) in [5, 5.41) is 13.5. The van der Waals surface area contributed by atoms with Gasteiger partial charge in [0.25, 0.3) is 0 Å². The molecule has 4 rings (SSSR count). The summed E-state index contributed by atoms with van der Waals surface area (Å²) in [6.07, 6.45) is 0.716. The second kappa shape index (κ2) is 8.57. The molecule has 0 atom stereocenters. The summed E-state index contributed by atoms with van der Waals surface area (Å²) < 4.78 is 36.0. The zero-order valence-electron chi connectivity index (χ0n) is 14.7. The SMILES string of the molecule is O=C(O)C(F)(F)F.c1csc(CN2CCn3c(Cn4cccn4)cnc3C2)c1. The number of carbonyl (C=O) groups is 1. The Morgan fingerprint density at radius 3 is 2.64 bits per heavy atom. The molecular weight excluding hydrogens is 395 g/mol. The van der Waals surface area contributed by atoms with Crippen molar-refractivity contribution < 1.29 is 23.1 Å². The average molecular weight is 413 g/mol. The highest BCUT2D eigenvalue weighted by Crippen LogP contribution is 2.19. The van der Waals surface area contributed by atoms with E-state index in [2.05, 4.69) is 37.1 Å². The number of hydrogen-bond acceptors (Lipinski definition) is 5. The fourth-order valence-corrected chi connectivity index (χ4v) is 3.56. The normalized spacial score (nSPS) is 14.2. The van der Waals surface area contributed by atoms with Gasteiger partial charge < -0.3 is 9.67 Å². The van der Waals surface area contributed by atoms with Crippen molar-refractivity contribution in [1.29, 1.82) is 0 Å². The van der Waals surface area contributed by atoms with Crippen LogP contribution < -0.4 is 0 Å². The van der Waals surface area contributed by atoms with Gasteiger partial charge in [0.15, 0.2) is 0 Å². The minimum Gasteiger partial charge on any atom is -0.475 e. The Balaban J connectivity index is 0.000000279. The van der Waals surface area contributed by atoms with Gasteiger partial charge in [-0.15, -0.1) is 11.3 Å². The Labute approximate surface area is 162 Å². The molecule has 0 bridgehead atoms. The van der Waals surface area contributed by atoms with E-state index in [9.17, 15) is 13.2 Å². The molecule has 0 amide bonds. The van der Waals surface area contributed by atoms with Crippen LogP contribution in [0.15, 0.2) is 42.2 Å². The second-order valence-corrected chi connectivity index (χ2v) is 7.15. The molecule has 0 spiro atoms. The molecule has 28 heavy (non-hydrogen) atoms. The van der Waals surface area contributed by atoms with Crippen molar-refractivity contribution >= 4 is 17.3 Å². The highest BCUT2D eigenvalue weighted by Gasteiger charge is 2.38. The molecule has 0 saturated carbocycles. The van der Waals surface area contributed by atoms with Crippen LogP contribution in [0.4, 0.5) is 13.2 Å². The number of alkyl halides is 3. The maximum Gasteiger partial charge on any atom is 0.490 e. The van der Waals surface area contributed by atoms with E-state index in [0.717, 1.165) is 32.7 Å². The van der Waals surface area contributed by atoms with Crippen molar-refractivity contribution in [2.75, 3.05) is 6.54 Å². The molecule has 0 radical (unpaired) electrons. The third-order valence-corrected chi connectivity index (χ3v) is 4.97. The molecule has 3 aromatic rings. The molecule has 0 aromatic carbocycles. The van der Waals surface area contributed by atoms with Crippen molar-refractivity contribution in [3.8, 4) is 0 Å². The van der Waals surface area contributed by atoms with E-state index in [1.54, 1.807) is 0 Å². The largest absolute Gasteiger partial charge is 0.490 e. The van der Waals surface area contributed by atoms with Crippen molar-refractivity contribution in [2.24, 2.45) is 0 Å². The van der Waals surface area contributed by atoms with E-state index >= 15 is 0 Å². The van der Waals surface area contributed by atoms with Gasteiger partial charge in [0.05, 0.1) is 25.0 Å². The van der Waals surface area contributed by atoms with E-state index in [1.165, 1.54) is 16.4 Å². The standard InChI is InChI=1S/C15H17N5S.C2HF3O2/c1-3-14(21-8-1)11-18-6-7-20-13(9-16-15(20)12-18)10-19-5-2-4-17-19;3-2(4,5)1(6)7/h1-5,8-9H,6-7,10-12H2;(H,6,7). The van der Waals surface area contributed by atoms with Crippen molar-refractivity contribution in [3.05, 3.63) is 58.6 Å². The number of halogens is 3. The van der Waals surface area contributed by atoms with Gasteiger partial charge in [0.1, 0.15) is 5.82 Å². The number of imidazole rings is 1. The minimum absolute atomic E-state index is 0.797. The lowest BCUT2D eigenvalue weighted by molar-refractivity contribution is -0.192. The number of aromatic nitrogens is 4. The lowest BCUT2D eigenvalue weighted by Crippen LogP contribution is -2.34. The number of nitrogens with zero attached hydrogens (tertiary/aromatic N) is 5. The third-order valence-electron chi connectivity index (χ3n) is 4.11. The highest BCUT2D eigenvalue weighted by molar-refractivity contribution is 7.09. The number of fused-ring (bicyclic) bond motifs is 1. The van der Waals surface area contributed by atoms with E-state index in [0.29, 0.717) is 0 Å². The summed E-state index contributed by atoms with van der Waals surface area (Å²) in [6.45, 7) is 4.84. The van der Waals surface area contributed by atoms with Crippen LogP contribution in [0.3, 0.4) is 0 Å². The molecule has 1 N–H and O–H groups in total. The summed E-state index contributed by atoms with van der Waals surface area (Å²) in [5.74, 6) is -1.59. The molecule has 0 unspecified atom stereocenters. The first kappa shape index (κ1) is 20.1. The summed E-state index contributed by atoms with van der Waals surface area (Å²) in [6, 6.07) is 6.28. The first-order chi connectivity index (χ1) is 13.3. The van der Waals surface area contributed by atoms with E-state index in [1.807, 2.05) is 40.7 Å². The third kappa shape index (κ3) is 5.20. The van der Waals surface area contributed by atoms with Crippen LogP contribution in [-0.4, -0.2) is 48.0 Å². The number of rotatable bonds is 4. The van der Waals surface area contributed by atoms with Crippen LogP contribution in [-0.2, 0) is 31.0 Å². The zero-order chi connectivity index (χ0) is 20.1. The quantitative estimate of drug-likeness (QED) is 0.712. The van der Waals surface area contributed by atoms with Crippen LogP contribution in [0, 0.1) is 0 Å². The lowest BCUT2D eigenvalue weighted by atomic mass is 10.3. The van der Waals surface area contributed by atoms with E-state index in [-0.39, 0.29) is 0 Å². The van der Waals surface area contributed by atoms with Crippen LogP contribution >= 0.6 is 11.3 Å². The van der Waals surface area contributed by atoms with Gasteiger partial charge in [-0.3, -0.25) is 9.58 Å². The van der Waals surface area contributed by atoms with E-state index < -0.39 is 12.1 Å². The molecule has 0 aliphatic carbocycles. The maximum absolute atomic E-state index is 10.6. The summed E-state index contributed by atoms with van der Waals surface area (Å²) in [5.41, 5.74) is 1.24. The topological polar surface area (TPSA) is 76.2 Å². The van der Waals surface area contributed by atoms with Crippen LogP contribution in [0.2, 0.25) is 0 Å². The molecule has 0 saturated heterocycles. The molecule has 7 nitrogen and oxygen atoms in total. The van der Waals surface area contributed by atoms with Gasteiger partial charge in [-0.2, -0.15) is 18.3 Å². The number of aliphatic carboxylic acids is 1. The van der Waals surface area contributed by atoms with Gasteiger partial charge in [-0.05, 0) is 17.5 Å². The Kier molecular flexibility index (Phi) is 6.15. The Morgan fingerprint density at radius 2 is 2.04 bits per heavy atom. The van der Waals surface area contributed by atoms with Crippen molar-refractivity contribution in [2.45, 2.75) is 32.4 Å². The predicted molar refractivity (Wildman–Crippen MR) is 95.7 cm³/mol. The number of carboxylic acids is 1. The second-order valence-electron chi connectivity index (χ2n) is 6.11. The summed E-state index contributed by atoms with van der Waals surface area (Å²) in [4.78, 5) is 17.4. The zero-order valence-corrected chi connectivity index (χ0v) is 15.5. The average Bonchev–Trinajstić information content (AvgIpc) is 3.38. The van der Waals surface area contributed by atoms with Gasteiger partial charge >= 0.3 is 12.1 Å². The summed E-state index contributed by atoms with van der Waals surface area (Å²) in [7, 11) is 0. The fraction of sp³-hybridized carbons (Fsp3) is 0.353. The van der Waals surface area contributed by atoms with Crippen molar-refractivity contribution in [1.82, 2.24) is 24.2 Å². The van der Waals surface area contributed by atoms with Crippen molar-refractivity contribution in [3.63, 3.8) is 0 Å². The Hall–Kier alpha value is -2.66. The number of hydrogen-bond donors (Lipinski definition) is 1. The van der Waals surface area contributed by atoms with Gasteiger partial charge in [-0.1, -0.05) is 6.07 Å². The first-order valence-corrected chi connectivity index (χ1v) is 9.26. The van der Waals surface area contributed by atoms with Gasteiger partial charge in [-0.25, -0.2) is 9.78 Å². The monoisotopic (exact) mass is 413 g/mol. The molecule has 1 aliphatic heterocycles. The molecule has 11 heteroatoms. The highest BCUT2D eigenvalue weighted by atomic mass is 32.1. The Bertz CT molecular complexity index is 891. The lowest BCUT2D eigenvalue weighted by Gasteiger charge is -2.28. The molecule has 3 aromatic heterocycles. The van der Waals surface area contributed by atoms with Crippen LogP contribution in [0.1, 0.15) is 16.4 Å². The fourth-order valence-electron chi connectivity index (χ4n) is 2.82. The van der Waals surface area contributed by atoms with Gasteiger partial charge in [0, 0.05) is 36.9 Å². The number of thiophene rings is 1. The van der Waals surface area contributed by atoms with Gasteiger partial charge in [0.2, 0.25) is 0 Å². The van der Waals surface area contributed by atoms with Crippen LogP contribution in [0.5, 0.6) is 0 Å². The Morgan fingerprint density at radius 1 is 1.25 bits per heavy atom. The molecule has 0 fully saturated rings. The summed E-state index contributed by atoms with van der Waals surface area (Å²) >= 11 is 1.83. The molecular formula is C17H18F3N5O2S. The minimum atomic E-state index is -5.08. The first-order valence-electron chi connectivity index (χ1n) is 8.38. The van der Waals surface area contributed by atoms with E-state index in [4.69, 9.17) is 9.90 Å². The molecule has 1 aliphatic rings. The smallest absolute Gasteiger partial charge is 0.475 e. The maximum atomic E-state index is 10.6. The number of carboxylic acid groups (broad SMARTS) is 1. The predicted octanol–water partition coefficient (Wildman–Crippen LogP) is 2.84.